The zero-order valence-electron chi connectivity index (χ0n) is 18.7. The Bertz CT molecular complexity index is 1180. The van der Waals surface area contributed by atoms with E-state index in [4.69, 9.17) is 20.5 Å². The van der Waals surface area contributed by atoms with Crippen molar-refractivity contribution in [3.63, 3.8) is 0 Å². The zero-order valence-corrected chi connectivity index (χ0v) is 15.5. The molecule has 1 aromatic heterocycles. The third-order valence-corrected chi connectivity index (χ3v) is 5.68. The molecule has 158 valence electrons. The second kappa shape index (κ2) is 7.61. The van der Waals surface area contributed by atoms with Gasteiger partial charge in [0.15, 0.2) is 18.1 Å². The van der Waals surface area contributed by atoms with Gasteiger partial charge in [0, 0.05) is 11.8 Å². The summed E-state index contributed by atoms with van der Waals surface area (Å²) in [5.41, 5.74) is 4.88. The fourth-order valence-electron chi connectivity index (χ4n) is 2.64. The lowest BCUT2D eigenvalue weighted by Gasteiger charge is -2.42. The molecule has 3 rings (SSSR count). The van der Waals surface area contributed by atoms with Crippen LogP contribution < -0.4 is 10.0 Å². The van der Waals surface area contributed by atoms with Crippen LogP contribution >= 0.6 is 0 Å². The highest BCUT2D eigenvalue weighted by molar-refractivity contribution is 7.92. The first-order valence-electron chi connectivity index (χ1n) is 9.97. The van der Waals surface area contributed by atoms with Crippen molar-refractivity contribution < 1.29 is 48.4 Å². The van der Waals surface area contributed by atoms with Crippen molar-refractivity contribution in [2.24, 2.45) is 0 Å². The summed E-state index contributed by atoms with van der Waals surface area (Å²) < 4.78 is 69.0. The Morgan fingerprint density at radius 2 is 1.83 bits per heavy atom. The molecule has 6 N–H and O–H groups in total. The smallest absolute Gasteiger partial charge is 0.335 e. The second-order valence-electron chi connectivity index (χ2n) is 6.10. The number of aliphatic hydroxyl groups excluding tert-OH is 3. The number of aliphatic hydroxyl groups is 3. The van der Waals surface area contributed by atoms with Crippen LogP contribution in [0.5, 0.6) is 0 Å². The summed E-state index contributed by atoms with van der Waals surface area (Å²) in [4.78, 5) is 10.3. The number of hydrogen-bond acceptors (Lipinski definition) is 10. The Kier molecular flexibility index (Phi) is 4.23. The van der Waals surface area contributed by atoms with E-state index in [1.165, 1.54) is 6.92 Å². The number of nitrogens with two attached hydrogens (primary N) is 1. The summed E-state index contributed by atoms with van der Waals surface area (Å²) in [5.74, 6) is -2.33. The van der Waals surface area contributed by atoms with Gasteiger partial charge >= 0.3 is 5.97 Å². The maximum atomic E-state index is 13.6. The molecule has 0 spiro atoms. The van der Waals surface area contributed by atoms with Gasteiger partial charge in [0.25, 0.3) is 10.0 Å². The summed E-state index contributed by atoms with van der Waals surface area (Å²) in [5, 5.41) is 43.3. The number of benzene rings is 1. The minimum Gasteiger partial charge on any atom is -0.479 e. The van der Waals surface area contributed by atoms with Crippen molar-refractivity contribution in [3.8, 4) is 0 Å². The highest BCUT2D eigenvalue weighted by Crippen LogP contribution is 2.32. The van der Waals surface area contributed by atoms with E-state index in [0.29, 0.717) is 0 Å². The monoisotopic (exact) mass is 433 g/mol. The number of aromatic nitrogens is 1. The average molecular weight is 433 g/mol. The summed E-state index contributed by atoms with van der Waals surface area (Å²) >= 11 is 0. The van der Waals surface area contributed by atoms with Crippen molar-refractivity contribution in [2.45, 2.75) is 42.5 Å². The van der Waals surface area contributed by atoms with Crippen LogP contribution in [-0.2, 0) is 19.6 Å². The molecule has 1 fully saturated rings. The summed E-state index contributed by atoms with van der Waals surface area (Å²) in [6, 6.07) is -2.81. The Hall–Kier alpha value is -2.71. The van der Waals surface area contributed by atoms with Gasteiger partial charge in [-0.25, -0.2) is 17.5 Å². The Labute approximate surface area is 170 Å². The standard InChI is InChI=1S/C16H19N3O9S/c1-7-6-10(18-28-7)19(29(25,26)9-4-2-8(17)3-5-9)15-13(22)11(20)12(21)14(27-15)16(23)24/h2-6,11-15,20-22H,17H2,1H3,(H,23,24)/t11?,12-,13?,14-,15+/m0/s1/i2D,3D,4D,5D. The summed E-state index contributed by atoms with van der Waals surface area (Å²) in [6.07, 6.45) is -11.0. The largest absolute Gasteiger partial charge is 0.479 e. The van der Waals surface area contributed by atoms with Gasteiger partial charge in [0.1, 0.15) is 24.1 Å². The first-order chi connectivity index (χ1) is 15.2. The van der Waals surface area contributed by atoms with E-state index in [-0.39, 0.29) is 10.1 Å². The molecule has 29 heavy (non-hydrogen) atoms. The molecule has 13 heteroatoms. The van der Waals surface area contributed by atoms with Crippen LogP contribution in [0.3, 0.4) is 0 Å². The van der Waals surface area contributed by atoms with E-state index in [9.17, 15) is 33.6 Å². The van der Waals surface area contributed by atoms with Gasteiger partial charge in [0.2, 0.25) is 0 Å². The van der Waals surface area contributed by atoms with E-state index < -0.39 is 87.2 Å². The van der Waals surface area contributed by atoms with Gasteiger partial charge in [-0.15, -0.1) is 0 Å². The van der Waals surface area contributed by atoms with Gasteiger partial charge in [0.05, 0.1) is 10.4 Å². The van der Waals surface area contributed by atoms with E-state index in [0.717, 1.165) is 6.07 Å². The van der Waals surface area contributed by atoms with Crippen LogP contribution in [0, 0.1) is 6.92 Å². The van der Waals surface area contributed by atoms with Crippen molar-refractivity contribution in [2.75, 3.05) is 10.0 Å². The number of carbonyl (C=O) groups is 1. The lowest BCUT2D eigenvalue weighted by atomic mass is 9.98. The number of aryl methyl sites for hydroxylation is 1. The fraction of sp³-hybridized carbons (Fsp3) is 0.375. The number of nitrogens with zero attached hydrogens (tertiary/aromatic N) is 2. The minimum absolute atomic E-state index is 0.0581. The molecule has 0 aliphatic carbocycles. The summed E-state index contributed by atoms with van der Waals surface area (Å²) in [6.45, 7) is 1.37. The topological polar surface area (TPSA) is 197 Å². The zero-order chi connectivity index (χ0) is 25.0. The third-order valence-electron chi connectivity index (χ3n) is 4.04. The van der Waals surface area contributed by atoms with E-state index >= 15 is 0 Å². The number of carboxylic acids is 1. The normalized spacial score (nSPS) is 29.4. The molecule has 0 radical (unpaired) electrons. The van der Waals surface area contributed by atoms with Crippen molar-refractivity contribution in [1.29, 1.82) is 0 Å². The second-order valence-corrected chi connectivity index (χ2v) is 7.85. The molecule has 0 bridgehead atoms. The average Bonchev–Trinajstić information content (AvgIpc) is 3.16. The SMILES string of the molecule is [2H]c1c([2H])c(S(=O)(=O)N(c2cc(C)on2)[C@@H]2O[C@H](C(=O)O)[C@@H](O)C(O)C2O)c([2H])c([2H])c1N. The maximum Gasteiger partial charge on any atom is 0.335 e. The van der Waals surface area contributed by atoms with Crippen molar-refractivity contribution >= 4 is 27.5 Å². The summed E-state index contributed by atoms with van der Waals surface area (Å²) in [7, 11) is -5.22. The molecule has 1 aliphatic rings. The predicted octanol–water partition coefficient (Wildman–Crippen LogP) is -1.35. The quantitative estimate of drug-likeness (QED) is 0.350. The lowest BCUT2D eigenvalue weighted by Crippen LogP contribution is -2.65. The molecule has 1 aliphatic heterocycles. The molecule has 1 aromatic carbocycles. The Morgan fingerprint density at radius 3 is 2.34 bits per heavy atom. The van der Waals surface area contributed by atoms with Gasteiger partial charge in [-0.05, 0) is 31.1 Å². The van der Waals surface area contributed by atoms with Gasteiger partial charge in [-0.2, -0.15) is 0 Å². The number of carboxylic acid groups (broad SMARTS) is 1. The molecule has 2 unspecified atom stereocenters. The van der Waals surface area contributed by atoms with Crippen molar-refractivity contribution in [1.82, 2.24) is 5.16 Å². The van der Waals surface area contributed by atoms with Crippen molar-refractivity contribution in [3.05, 3.63) is 36.0 Å². The number of anilines is 2. The molecule has 0 amide bonds. The molecule has 0 saturated carbocycles. The van der Waals surface area contributed by atoms with E-state index in [1.807, 2.05) is 0 Å². The first-order valence-corrected chi connectivity index (χ1v) is 9.41. The molecule has 2 heterocycles. The number of ether oxygens (including phenoxy) is 1. The third kappa shape index (κ3) is 3.77. The van der Waals surface area contributed by atoms with E-state index in [1.54, 1.807) is 0 Å². The van der Waals surface area contributed by atoms with Crippen LogP contribution in [0.2, 0.25) is 0 Å². The van der Waals surface area contributed by atoms with Crippen LogP contribution in [0.4, 0.5) is 11.5 Å². The van der Waals surface area contributed by atoms with E-state index in [2.05, 4.69) is 5.16 Å². The Morgan fingerprint density at radius 1 is 1.21 bits per heavy atom. The molecule has 5 atom stereocenters. The molecule has 12 nitrogen and oxygen atoms in total. The number of rotatable bonds is 5. The number of sulfonamides is 1. The van der Waals surface area contributed by atoms with Gasteiger partial charge < -0.3 is 35.4 Å². The minimum atomic E-state index is -5.22. The van der Waals surface area contributed by atoms with Crippen LogP contribution in [0.25, 0.3) is 0 Å². The van der Waals surface area contributed by atoms with Gasteiger partial charge in [-0.1, -0.05) is 5.16 Å². The maximum absolute atomic E-state index is 13.6. The van der Waals surface area contributed by atoms with Crippen LogP contribution in [-0.4, -0.2) is 70.6 Å². The number of hydrogen-bond donors (Lipinski definition) is 5. The van der Waals surface area contributed by atoms with Crippen LogP contribution in [0.15, 0.2) is 39.7 Å². The number of nitrogen functional groups attached to an aromatic ring is 1. The van der Waals surface area contributed by atoms with Crippen LogP contribution in [0.1, 0.15) is 11.2 Å². The predicted molar refractivity (Wildman–Crippen MR) is 96.1 cm³/mol. The van der Waals surface area contributed by atoms with Gasteiger partial charge in [-0.3, -0.25) is 0 Å². The fourth-order valence-corrected chi connectivity index (χ4v) is 3.98. The molecular weight excluding hydrogens is 410 g/mol. The highest BCUT2D eigenvalue weighted by Gasteiger charge is 2.52. The molecule has 2 aromatic rings. The number of aliphatic carboxylic acids is 1. The molecular formula is C16H19N3O9S. The molecule has 1 saturated heterocycles. The lowest BCUT2D eigenvalue weighted by molar-refractivity contribution is -0.224. The highest BCUT2D eigenvalue weighted by atomic mass is 32.2. The Balaban J connectivity index is 2.29. The first kappa shape index (κ1) is 16.1.